The lowest BCUT2D eigenvalue weighted by Gasteiger charge is -2.18. The number of carbonyl (C=O) groups is 2. The first-order chi connectivity index (χ1) is 18.4. The average molecular weight is 536 g/mol. The van der Waals surface area contributed by atoms with Gasteiger partial charge in [-0.2, -0.15) is 0 Å². The fourth-order valence-corrected chi connectivity index (χ4v) is 4.19. The van der Waals surface area contributed by atoms with Crippen molar-refractivity contribution in [3.63, 3.8) is 0 Å². The van der Waals surface area contributed by atoms with Gasteiger partial charge in [-0.3, -0.25) is 14.6 Å². The zero-order valence-corrected chi connectivity index (χ0v) is 20.4. The molecule has 0 unspecified atom stereocenters. The minimum atomic E-state index is -1.22. The molecule has 1 aromatic carbocycles. The summed E-state index contributed by atoms with van der Waals surface area (Å²) in [7, 11) is 0. The van der Waals surface area contributed by atoms with Gasteiger partial charge in [0.05, 0.1) is 17.4 Å². The third-order valence-electron chi connectivity index (χ3n) is 6.18. The van der Waals surface area contributed by atoms with Crippen LogP contribution in [0, 0.1) is 11.2 Å². The van der Waals surface area contributed by atoms with Crippen LogP contribution in [0.15, 0.2) is 54.9 Å². The lowest BCUT2D eigenvalue weighted by molar-refractivity contribution is -0.131. The molecule has 1 saturated carbocycles. The standard InChI is InChI=1S/C26H19ClFN5O5/c27-17-11-16(32-25(35)26(6-7-26)24(34)31-15-3-1-14(28)2-4-15)13-30-22(17)38-19-5-8-29-18-12-20-23(33-21(18)19)37-10-9-36-20/h1-5,8,11-13H,6-7,9-10H2,(H,31,34)(H,32,35). The molecule has 4 heterocycles. The Balaban J connectivity index is 1.17. The van der Waals surface area contributed by atoms with Gasteiger partial charge in [-0.1, -0.05) is 11.6 Å². The SMILES string of the molecule is O=C(Nc1ccc(F)cc1)C1(C(=O)Nc2cnc(Oc3ccnc4cc5c(nc34)OCCO5)c(Cl)c2)CC1. The molecule has 2 aliphatic rings. The Morgan fingerprint density at radius 3 is 2.45 bits per heavy atom. The average Bonchev–Trinajstić information content (AvgIpc) is 3.73. The fraction of sp³-hybridized carbons (Fsp3) is 0.192. The van der Waals surface area contributed by atoms with Crippen LogP contribution >= 0.6 is 11.6 Å². The first-order valence-corrected chi connectivity index (χ1v) is 12.1. The Morgan fingerprint density at radius 1 is 0.974 bits per heavy atom. The first-order valence-electron chi connectivity index (χ1n) is 11.7. The van der Waals surface area contributed by atoms with Crippen LogP contribution in [0.5, 0.6) is 23.3 Å². The largest absolute Gasteiger partial charge is 0.484 e. The summed E-state index contributed by atoms with van der Waals surface area (Å²) in [6.45, 7) is 0.816. The molecule has 10 nitrogen and oxygen atoms in total. The number of halogens is 2. The number of fused-ring (bicyclic) bond motifs is 2. The Bertz CT molecular complexity index is 1580. The summed E-state index contributed by atoms with van der Waals surface area (Å²) in [5.74, 6) is -0.0824. The molecule has 1 aliphatic heterocycles. The van der Waals surface area contributed by atoms with Crippen LogP contribution in [0.4, 0.5) is 15.8 Å². The predicted molar refractivity (Wildman–Crippen MR) is 135 cm³/mol. The van der Waals surface area contributed by atoms with Gasteiger partial charge in [0, 0.05) is 24.0 Å². The van der Waals surface area contributed by atoms with Crippen molar-refractivity contribution in [3.8, 4) is 23.3 Å². The molecular formula is C26H19ClFN5O5. The van der Waals surface area contributed by atoms with Crippen LogP contribution < -0.4 is 24.8 Å². The Kier molecular flexibility index (Phi) is 5.91. The van der Waals surface area contributed by atoms with Crippen molar-refractivity contribution in [1.82, 2.24) is 15.0 Å². The molecular weight excluding hydrogens is 517 g/mol. The Labute approximate surface area is 220 Å². The van der Waals surface area contributed by atoms with Crippen molar-refractivity contribution in [1.29, 1.82) is 0 Å². The number of carbonyl (C=O) groups excluding carboxylic acids is 2. The van der Waals surface area contributed by atoms with Gasteiger partial charge in [0.25, 0.3) is 5.88 Å². The lowest BCUT2D eigenvalue weighted by atomic mass is 10.0. The third-order valence-corrected chi connectivity index (χ3v) is 6.45. The molecule has 12 heteroatoms. The molecule has 0 spiro atoms. The summed E-state index contributed by atoms with van der Waals surface area (Å²) in [6.07, 6.45) is 3.70. The van der Waals surface area contributed by atoms with E-state index in [2.05, 4.69) is 25.6 Å². The molecule has 192 valence electrons. The second kappa shape index (κ2) is 9.42. The normalized spacial score (nSPS) is 15.0. The highest BCUT2D eigenvalue weighted by molar-refractivity contribution is 6.32. The molecule has 0 bridgehead atoms. The van der Waals surface area contributed by atoms with Crippen molar-refractivity contribution in [2.75, 3.05) is 23.8 Å². The summed E-state index contributed by atoms with van der Waals surface area (Å²) in [5, 5.41) is 5.50. The third kappa shape index (κ3) is 4.52. The first kappa shape index (κ1) is 23.9. The number of ether oxygens (including phenoxy) is 3. The maximum Gasteiger partial charge on any atom is 0.257 e. The van der Waals surface area contributed by atoms with Gasteiger partial charge in [-0.25, -0.2) is 14.4 Å². The summed E-state index contributed by atoms with van der Waals surface area (Å²) >= 11 is 6.41. The van der Waals surface area contributed by atoms with E-state index in [1.165, 1.54) is 36.5 Å². The zero-order valence-electron chi connectivity index (χ0n) is 19.7. The molecule has 4 aromatic rings. The van der Waals surface area contributed by atoms with E-state index in [0.717, 1.165) is 0 Å². The van der Waals surface area contributed by atoms with Gasteiger partial charge < -0.3 is 24.8 Å². The minimum absolute atomic E-state index is 0.0871. The molecule has 6 rings (SSSR count). The van der Waals surface area contributed by atoms with E-state index < -0.39 is 23.0 Å². The molecule has 0 atom stereocenters. The molecule has 2 N–H and O–H groups in total. The molecule has 38 heavy (non-hydrogen) atoms. The van der Waals surface area contributed by atoms with Gasteiger partial charge >= 0.3 is 0 Å². The molecule has 0 radical (unpaired) electrons. The van der Waals surface area contributed by atoms with Gasteiger partial charge in [0.2, 0.25) is 17.7 Å². The molecule has 3 aromatic heterocycles. The van der Waals surface area contributed by atoms with Crippen LogP contribution in [0.25, 0.3) is 11.0 Å². The van der Waals surface area contributed by atoms with Crippen LogP contribution in [-0.4, -0.2) is 40.0 Å². The predicted octanol–water partition coefficient (Wildman–Crippen LogP) is 4.74. The van der Waals surface area contributed by atoms with Crippen molar-refractivity contribution >= 4 is 45.8 Å². The van der Waals surface area contributed by atoms with E-state index >= 15 is 0 Å². The Morgan fingerprint density at radius 2 is 1.71 bits per heavy atom. The second-order valence-corrected chi connectivity index (χ2v) is 9.18. The van der Waals surface area contributed by atoms with Crippen LogP contribution in [-0.2, 0) is 9.59 Å². The highest BCUT2D eigenvalue weighted by Crippen LogP contribution is 2.47. The monoisotopic (exact) mass is 535 g/mol. The zero-order chi connectivity index (χ0) is 26.3. The topological polar surface area (TPSA) is 125 Å². The number of aromatic nitrogens is 3. The number of nitrogens with zero attached hydrogens (tertiary/aromatic N) is 3. The van der Waals surface area contributed by atoms with Crippen LogP contribution in [0.3, 0.4) is 0 Å². The van der Waals surface area contributed by atoms with Crippen LogP contribution in [0.1, 0.15) is 12.8 Å². The number of hydrogen-bond acceptors (Lipinski definition) is 8. The lowest BCUT2D eigenvalue weighted by Crippen LogP contribution is -2.35. The molecule has 0 saturated heterocycles. The molecule has 1 fully saturated rings. The number of anilines is 2. The van der Waals surface area contributed by atoms with Gasteiger partial charge in [0.1, 0.15) is 35.0 Å². The van der Waals surface area contributed by atoms with Crippen molar-refractivity contribution in [2.45, 2.75) is 12.8 Å². The number of pyridine rings is 3. The van der Waals surface area contributed by atoms with E-state index in [1.807, 2.05) is 0 Å². The van der Waals surface area contributed by atoms with E-state index in [-0.39, 0.29) is 10.9 Å². The van der Waals surface area contributed by atoms with Crippen LogP contribution in [0.2, 0.25) is 5.02 Å². The highest BCUT2D eigenvalue weighted by Gasteiger charge is 2.56. The highest BCUT2D eigenvalue weighted by atomic mass is 35.5. The van der Waals surface area contributed by atoms with Gasteiger partial charge in [0.15, 0.2) is 11.5 Å². The smallest absolute Gasteiger partial charge is 0.257 e. The fourth-order valence-electron chi connectivity index (χ4n) is 3.98. The number of benzene rings is 1. The number of amides is 2. The van der Waals surface area contributed by atoms with Crippen molar-refractivity contribution < 1.29 is 28.2 Å². The van der Waals surface area contributed by atoms with Crippen molar-refractivity contribution in [2.24, 2.45) is 5.41 Å². The summed E-state index contributed by atoms with van der Waals surface area (Å²) < 4.78 is 30.2. The van der Waals surface area contributed by atoms with E-state index in [0.29, 0.717) is 65.8 Å². The van der Waals surface area contributed by atoms with Gasteiger partial charge in [-0.05, 0) is 43.2 Å². The number of rotatable bonds is 6. The quantitative estimate of drug-likeness (QED) is 0.339. The van der Waals surface area contributed by atoms with E-state index in [1.54, 1.807) is 18.3 Å². The minimum Gasteiger partial charge on any atom is -0.484 e. The van der Waals surface area contributed by atoms with E-state index in [9.17, 15) is 14.0 Å². The number of nitrogens with one attached hydrogen (secondary N) is 2. The summed E-state index contributed by atoms with van der Waals surface area (Å²) in [4.78, 5) is 38.7. The summed E-state index contributed by atoms with van der Waals surface area (Å²) in [5.41, 5.74) is 0.461. The second-order valence-electron chi connectivity index (χ2n) is 8.78. The Hall–Kier alpha value is -4.51. The summed E-state index contributed by atoms with van der Waals surface area (Å²) in [6, 6.07) is 10.1. The maximum absolute atomic E-state index is 13.1. The number of hydrogen-bond donors (Lipinski definition) is 2. The molecule has 2 amide bonds. The molecule has 1 aliphatic carbocycles. The van der Waals surface area contributed by atoms with E-state index in [4.69, 9.17) is 25.8 Å². The van der Waals surface area contributed by atoms with Crippen molar-refractivity contribution in [3.05, 3.63) is 65.7 Å². The van der Waals surface area contributed by atoms with Gasteiger partial charge in [-0.15, -0.1) is 0 Å². The maximum atomic E-state index is 13.1.